The Balaban J connectivity index is 0. The van der Waals surface area contributed by atoms with E-state index in [9.17, 15) is 4.79 Å². The third-order valence-electron chi connectivity index (χ3n) is 3.13. The highest BCUT2D eigenvalue weighted by molar-refractivity contribution is 14.0. The lowest BCUT2D eigenvalue weighted by atomic mass is 10.1. The predicted octanol–water partition coefficient (Wildman–Crippen LogP) is 3.28. The third-order valence-corrected chi connectivity index (χ3v) is 3.13. The van der Waals surface area contributed by atoms with Crippen LogP contribution in [0, 0.1) is 0 Å². The maximum Gasteiger partial charge on any atom is 0.407 e. The minimum atomic E-state index is -0.499. The molecule has 0 fully saturated rings. The summed E-state index contributed by atoms with van der Waals surface area (Å²) in [5.41, 5.74) is -0.499. The van der Waals surface area contributed by atoms with E-state index < -0.39 is 11.7 Å². The monoisotopic (exact) mass is 486 g/mol. The van der Waals surface area contributed by atoms with Gasteiger partial charge in [0.25, 0.3) is 0 Å². The van der Waals surface area contributed by atoms with Crippen molar-refractivity contribution in [2.75, 3.05) is 32.8 Å². The van der Waals surface area contributed by atoms with Gasteiger partial charge in [0.2, 0.25) is 0 Å². The minimum absolute atomic E-state index is 0. The van der Waals surface area contributed by atoms with Crippen LogP contribution in [0.1, 0.15) is 60.8 Å². The third kappa shape index (κ3) is 16.7. The zero-order valence-corrected chi connectivity index (χ0v) is 19.6. The molecule has 0 saturated carbocycles. The van der Waals surface area contributed by atoms with Crippen molar-refractivity contribution in [2.45, 2.75) is 72.4 Å². The highest BCUT2D eigenvalue weighted by Gasteiger charge is 2.19. The number of carbonyl (C=O) groups excluding carboxylic acids is 1. The van der Waals surface area contributed by atoms with Gasteiger partial charge in [0, 0.05) is 26.3 Å². The van der Waals surface area contributed by atoms with E-state index in [-0.39, 0.29) is 30.0 Å². The number of nitrogens with one attached hydrogen (secondary N) is 3. The number of carbonyl (C=O) groups is 1. The number of ether oxygens (including phenoxy) is 2. The molecule has 1 atom stereocenters. The summed E-state index contributed by atoms with van der Waals surface area (Å²) in [4.78, 5) is 16.5. The van der Waals surface area contributed by atoms with Gasteiger partial charge in [-0.15, -0.1) is 24.0 Å². The van der Waals surface area contributed by atoms with E-state index in [0.717, 1.165) is 51.5 Å². The Hall–Kier alpha value is -0.770. The van der Waals surface area contributed by atoms with Crippen molar-refractivity contribution < 1.29 is 14.3 Å². The topological polar surface area (TPSA) is 84.0 Å². The van der Waals surface area contributed by atoms with Gasteiger partial charge in [-0.2, -0.15) is 0 Å². The molecule has 0 aliphatic heterocycles. The molecule has 7 nitrogen and oxygen atoms in total. The molecular formula is C18H39IN4O3. The average Bonchev–Trinajstić information content (AvgIpc) is 2.50. The fraction of sp³-hybridized carbons (Fsp3) is 0.889. The normalized spacial score (nSPS) is 12.8. The van der Waals surface area contributed by atoms with E-state index in [4.69, 9.17) is 9.47 Å². The molecule has 3 N–H and O–H groups in total. The van der Waals surface area contributed by atoms with E-state index >= 15 is 0 Å². The van der Waals surface area contributed by atoms with Gasteiger partial charge in [0.15, 0.2) is 5.96 Å². The van der Waals surface area contributed by atoms with Gasteiger partial charge >= 0.3 is 6.09 Å². The van der Waals surface area contributed by atoms with Gasteiger partial charge < -0.3 is 25.4 Å². The quantitative estimate of drug-likeness (QED) is 0.181. The van der Waals surface area contributed by atoms with Gasteiger partial charge in [0.1, 0.15) is 5.60 Å². The molecule has 0 bridgehead atoms. The molecule has 0 saturated heterocycles. The van der Waals surface area contributed by atoms with Gasteiger partial charge in [0.05, 0.1) is 12.6 Å². The maximum atomic E-state index is 12.0. The van der Waals surface area contributed by atoms with Crippen LogP contribution in [0.5, 0.6) is 0 Å². The van der Waals surface area contributed by atoms with Gasteiger partial charge in [-0.3, -0.25) is 4.99 Å². The second-order valence-corrected chi connectivity index (χ2v) is 6.83. The molecule has 156 valence electrons. The van der Waals surface area contributed by atoms with Crippen LogP contribution in [0.4, 0.5) is 4.79 Å². The SMILES string of the molecule is CCCC(CN=C(NCC)NCCCOCC)NC(=O)OC(C)(C)C.I. The summed E-state index contributed by atoms with van der Waals surface area (Å²) in [5.74, 6) is 0.756. The summed E-state index contributed by atoms with van der Waals surface area (Å²) in [5, 5.41) is 9.41. The summed E-state index contributed by atoms with van der Waals surface area (Å²) in [7, 11) is 0. The van der Waals surface area contributed by atoms with E-state index in [0.29, 0.717) is 6.54 Å². The van der Waals surface area contributed by atoms with E-state index in [2.05, 4.69) is 27.9 Å². The van der Waals surface area contributed by atoms with Crippen LogP contribution in [0.25, 0.3) is 0 Å². The average molecular weight is 486 g/mol. The van der Waals surface area contributed by atoms with Crippen LogP contribution in [0.15, 0.2) is 4.99 Å². The first-order chi connectivity index (χ1) is 11.8. The molecule has 0 rings (SSSR count). The number of halogens is 1. The molecule has 0 aliphatic rings. The van der Waals surface area contributed by atoms with Crippen molar-refractivity contribution in [3.8, 4) is 0 Å². The molecule has 0 heterocycles. The van der Waals surface area contributed by atoms with E-state index in [1.54, 1.807) is 0 Å². The zero-order valence-electron chi connectivity index (χ0n) is 17.3. The first-order valence-corrected chi connectivity index (χ1v) is 9.41. The summed E-state index contributed by atoms with van der Waals surface area (Å²) >= 11 is 0. The highest BCUT2D eigenvalue weighted by atomic mass is 127. The lowest BCUT2D eigenvalue weighted by molar-refractivity contribution is 0.0503. The minimum Gasteiger partial charge on any atom is -0.444 e. The lowest BCUT2D eigenvalue weighted by Gasteiger charge is -2.23. The van der Waals surface area contributed by atoms with Gasteiger partial charge in [-0.1, -0.05) is 13.3 Å². The van der Waals surface area contributed by atoms with Crippen molar-refractivity contribution in [3.63, 3.8) is 0 Å². The summed E-state index contributed by atoms with van der Waals surface area (Å²) in [6.07, 6.45) is 2.35. The van der Waals surface area contributed by atoms with Crippen molar-refractivity contribution in [1.82, 2.24) is 16.0 Å². The Labute approximate surface area is 176 Å². The van der Waals surface area contributed by atoms with Crippen LogP contribution < -0.4 is 16.0 Å². The number of hydrogen-bond acceptors (Lipinski definition) is 4. The van der Waals surface area contributed by atoms with Crippen molar-refractivity contribution in [3.05, 3.63) is 0 Å². The molecule has 0 aromatic carbocycles. The smallest absolute Gasteiger partial charge is 0.407 e. The number of nitrogens with zero attached hydrogens (tertiary/aromatic N) is 1. The lowest BCUT2D eigenvalue weighted by Crippen LogP contribution is -2.42. The molecule has 0 spiro atoms. The Kier molecular flexibility index (Phi) is 17.3. The van der Waals surface area contributed by atoms with E-state index in [1.165, 1.54) is 0 Å². The van der Waals surface area contributed by atoms with Crippen LogP contribution in [0.3, 0.4) is 0 Å². The predicted molar refractivity (Wildman–Crippen MR) is 119 cm³/mol. The number of guanidine groups is 1. The summed E-state index contributed by atoms with van der Waals surface area (Å²) < 4.78 is 10.7. The Morgan fingerprint density at radius 3 is 2.38 bits per heavy atom. The Morgan fingerprint density at radius 2 is 1.85 bits per heavy atom. The molecular weight excluding hydrogens is 447 g/mol. The second-order valence-electron chi connectivity index (χ2n) is 6.83. The van der Waals surface area contributed by atoms with Crippen LogP contribution >= 0.6 is 24.0 Å². The molecule has 1 amide bonds. The first-order valence-electron chi connectivity index (χ1n) is 9.41. The Morgan fingerprint density at radius 1 is 1.15 bits per heavy atom. The van der Waals surface area contributed by atoms with Crippen LogP contribution in [0.2, 0.25) is 0 Å². The largest absolute Gasteiger partial charge is 0.444 e. The number of aliphatic imine (C=N–C) groups is 1. The van der Waals surface area contributed by atoms with Gasteiger partial charge in [-0.25, -0.2) is 4.79 Å². The summed E-state index contributed by atoms with van der Waals surface area (Å²) in [6, 6.07) is -0.0428. The number of rotatable bonds is 11. The Bertz CT molecular complexity index is 387. The first kappa shape index (κ1) is 27.4. The molecule has 1 unspecified atom stereocenters. The van der Waals surface area contributed by atoms with Crippen LogP contribution in [-0.2, 0) is 9.47 Å². The maximum absolute atomic E-state index is 12.0. The fourth-order valence-electron chi connectivity index (χ4n) is 2.10. The second kappa shape index (κ2) is 16.4. The zero-order chi connectivity index (χ0) is 19.1. The van der Waals surface area contributed by atoms with Crippen molar-refractivity contribution >= 4 is 36.0 Å². The van der Waals surface area contributed by atoms with Crippen molar-refractivity contribution in [1.29, 1.82) is 0 Å². The standard InChI is InChI=1S/C18H38N4O3.HI/c1-7-11-15(22-17(23)25-18(4,5)6)14-21-16(19-8-2)20-12-10-13-24-9-3;/h15H,7-14H2,1-6H3,(H,22,23)(H2,19,20,21);1H. The fourth-order valence-corrected chi connectivity index (χ4v) is 2.10. The summed E-state index contributed by atoms with van der Waals surface area (Å²) in [6.45, 7) is 15.2. The van der Waals surface area contributed by atoms with Crippen LogP contribution in [-0.4, -0.2) is 56.5 Å². The number of amides is 1. The van der Waals surface area contributed by atoms with E-state index in [1.807, 2.05) is 34.6 Å². The molecule has 0 aliphatic carbocycles. The molecule has 0 radical (unpaired) electrons. The molecule has 26 heavy (non-hydrogen) atoms. The number of hydrogen-bond donors (Lipinski definition) is 3. The van der Waals surface area contributed by atoms with Gasteiger partial charge in [-0.05, 0) is 47.5 Å². The van der Waals surface area contributed by atoms with Crippen molar-refractivity contribution in [2.24, 2.45) is 4.99 Å². The highest BCUT2D eigenvalue weighted by Crippen LogP contribution is 2.07. The molecule has 0 aromatic rings. The molecule has 0 aromatic heterocycles. The molecule has 8 heteroatoms. The number of alkyl carbamates (subject to hydrolysis) is 1.